The molecule has 0 aliphatic carbocycles. The van der Waals surface area contributed by atoms with Crippen LogP contribution in [-0.4, -0.2) is 23.2 Å². The molecule has 0 fully saturated rings. The third kappa shape index (κ3) is 4.65. The number of nitrogens with two attached hydrogens (primary N) is 1. The highest BCUT2D eigenvalue weighted by Crippen LogP contribution is 2.19. The van der Waals surface area contributed by atoms with Crippen LogP contribution in [0.2, 0.25) is 0 Å². The van der Waals surface area contributed by atoms with Gasteiger partial charge in [0.15, 0.2) is 0 Å². The fourth-order valence-corrected chi connectivity index (χ4v) is 1.79. The average Bonchev–Trinajstić information content (AvgIpc) is 2.72. The number of hydrogen-bond acceptors (Lipinski definition) is 3. The van der Waals surface area contributed by atoms with Gasteiger partial charge in [-0.3, -0.25) is 0 Å². The van der Waals surface area contributed by atoms with E-state index >= 15 is 0 Å². The van der Waals surface area contributed by atoms with Gasteiger partial charge in [-0.2, -0.15) is 0 Å². The van der Waals surface area contributed by atoms with E-state index in [1.165, 1.54) is 0 Å². The van der Waals surface area contributed by atoms with E-state index in [1.807, 2.05) is 4.57 Å². The SMILES string of the molecule is CCCCCn1cc(NC(N)=O)c(C(=O)OCC)c1. The fourth-order valence-electron chi connectivity index (χ4n) is 1.79. The lowest BCUT2D eigenvalue weighted by atomic mass is 10.2. The van der Waals surface area contributed by atoms with Crippen LogP contribution in [0.3, 0.4) is 0 Å². The fraction of sp³-hybridized carbons (Fsp3) is 0.538. The predicted octanol–water partition coefficient (Wildman–Crippen LogP) is 2.35. The first kappa shape index (κ1) is 15.1. The molecule has 0 bridgehead atoms. The standard InChI is InChI=1S/C13H21N3O3/c1-3-5-6-7-16-8-10(12(17)19-4-2)11(9-16)15-13(14)18/h8-9H,3-7H2,1-2H3,(H3,14,15,18). The van der Waals surface area contributed by atoms with Gasteiger partial charge in [-0.15, -0.1) is 0 Å². The highest BCUT2D eigenvalue weighted by Gasteiger charge is 2.16. The van der Waals surface area contributed by atoms with Crippen molar-refractivity contribution in [2.24, 2.45) is 5.73 Å². The van der Waals surface area contributed by atoms with Crippen molar-refractivity contribution in [1.29, 1.82) is 0 Å². The summed E-state index contributed by atoms with van der Waals surface area (Å²) in [4.78, 5) is 22.7. The molecule has 0 saturated heterocycles. The zero-order valence-corrected chi connectivity index (χ0v) is 11.4. The predicted molar refractivity (Wildman–Crippen MR) is 73.1 cm³/mol. The molecule has 0 atom stereocenters. The zero-order valence-electron chi connectivity index (χ0n) is 11.4. The van der Waals surface area contributed by atoms with Gasteiger partial charge in [0, 0.05) is 18.9 Å². The van der Waals surface area contributed by atoms with Gasteiger partial charge in [-0.1, -0.05) is 19.8 Å². The molecule has 19 heavy (non-hydrogen) atoms. The Bertz CT molecular complexity index is 440. The number of anilines is 1. The van der Waals surface area contributed by atoms with Gasteiger partial charge >= 0.3 is 12.0 Å². The van der Waals surface area contributed by atoms with Gasteiger partial charge in [0.1, 0.15) is 5.56 Å². The second-order valence-corrected chi connectivity index (χ2v) is 4.24. The smallest absolute Gasteiger partial charge is 0.341 e. The first-order chi connectivity index (χ1) is 9.08. The Labute approximate surface area is 112 Å². The molecule has 0 saturated carbocycles. The van der Waals surface area contributed by atoms with Crippen molar-refractivity contribution in [3.8, 4) is 0 Å². The van der Waals surface area contributed by atoms with E-state index in [4.69, 9.17) is 10.5 Å². The molecule has 0 spiro atoms. The van der Waals surface area contributed by atoms with Crippen molar-refractivity contribution >= 4 is 17.7 Å². The number of amides is 2. The molecule has 1 aromatic heterocycles. The van der Waals surface area contributed by atoms with E-state index in [0.29, 0.717) is 11.3 Å². The minimum atomic E-state index is -0.697. The van der Waals surface area contributed by atoms with Crippen molar-refractivity contribution in [1.82, 2.24) is 4.57 Å². The molecular formula is C13H21N3O3. The molecule has 6 heteroatoms. The summed E-state index contributed by atoms with van der Waals surface area (Å²) in [5.74, 6) is -0.458. The zero-order chi connectivity index (χ0) is 14.3. The molecule has 0 unspecified atom stereocenters. The number of aromatic nitrogens is 1. The summed E-state index contributed by atoms with van der Waals surface area (Å²) < 4.78 is 6.81. The lowest BCUT2D eigenvalue weighted by molar-refractivity contribution is 0.0527. The first-order valence-electron chi connectivity index (χ1n) is 6.51. The summed E-state index contributed by atoms with van der Waals surface area (Å²) >= 11 is 0. The van der Waals surface area contributed by atoms with Crippen LogP contribution >= 0.6 is 0 Å². The lowest BCUT2D eigenvalue weighted by Crippen LogP contribution is -2.20. The molecule has 6 nitrogen and oxygen atoms in total. The highest BCUT2D eigenvalue weighted by atomic mass is 16.5. The van der Waals surface area contributed by atoms with Crippen LogP contribution in [-0.2, 0) is 11.3 Å². The third-order valence-corrected chi connectivity index (χ3v) is 2.65. The molecular weight excluding hydrogens is 246 g/mol. The molecule has 106 valence electrons. The number of unbranched alkanes of at least 4 members (excludes halogenated alkanes) is 2. The maximum absolute atomic E-state index is 11.8. The van der Waals surface area contributed by atoms with E-state index < -0.39 is 12.0 Å². The summed E-state index contributed by atoms with van der Waals surface area (Å²) in [7, 11) is 0. The van der Waals surface area contributed by atoms with E-state index in [1.54, 1.807) is 19.3 Å². The number of carbonyl (C=O) groups excluding carboxylic acids is 2. The number of hydrogen-bond donors (Lipinski definition) is 2. The third-order valence-electron chi connectivity index (χ3n) is 2.65. The largest absolute Gasteiger partial charge is 0.462 e. The van der Waals surface area contributed by atoms with Crippen LogP contribution < -0.4 is 11.1 Å². The molecule has 0 aliphatic heterocycles. The number of nitrogens with one attached hydrogen (secondary N) is 1. The van der Waals surface area contributed by atoms with Gasteiger partial charge in [-0.05, 0) is 13.3 Å². The molecule has 0 radical (unpaired) electrons. The molecule has 1 heterocycles. The normalized spacial score (nSPS) is 10.2. The van der Waals surface area contributed by atoms with Crippen molar-refractivity contribution in [3.05, 3.63) is 18.0 Å². The van der Waals surface area contributed by atoms with E-state index in [-0.39, 0.29) is 6.61 Å². The lowest BCUT2D eigenvalue weighted by Gasteiger charge is -2.02. The Morgan fingerprint density at radius 2 is 2.05 bits per heavy atom. The second kappa shape index (κ2) is 7.45. The van der Waals surface area contributed by atoms with Gasteiger partial charge in [-0.25, -0.2) is 9.59 Å². The summed E-state index contributed by atoms with van der Waals surface area (Å²) in [5.41, 5.74) is 5.81. The maximum Gasteiger partial charge on any atom is 0.341 e. The monoisotopic (exact) mass is 267 g/mol. The van der Waals surface area contributed by atoms with Gasteiger partial charge < -0.3 is 20.4 Å². The molecule has 2 amide bonds. The van der Waals surface area contributed by atoms with Crippen LogP contribution in [0.15, 0.2) is 12.4 Å². The second-order valence-electron chi connectivity index (χ2n) is 4.24. The summed E-state index contributed by atoms with van der Waals surface area (Å²) in [6.07, 6.45) is 6.64. The van der Waals surface area contributed by atoms with Gasteiger partial charge in [0.05, 0.1) is 12.3 Å². The van der Waals surface area contributed by atoms with Gasteiger partial charge in [0.25, 0.3) is 0 Å². The highest BCUT2D eigenvalue weighted by molar-refractivity contribution is 6.00. The van der Waals surface area contributed by atoms with Crippen LogP contribution in [0.4, 0.5) is 10.5 Å². The Hall–Kier alpha value is -1.98. The van der Waals surface area contributed by atoms with Crippen LogP contribution in [0.25, 0.3) is 0 Å². The maximum atomic E-state index is 11.8. The van der Waals surface area contributed by atoms with Crippen LogP contribution in [0, 0.1) is 0 Å². The van der Waals surface area contributed by atoms with Crippen LogP contribution in [0.5, 0.6) is 0 Å². The Kier molecular flexibility index (Phi) is 5.92. The van der Waals surface area contributed by atoms with Crippen LogP contribution in [0.1, 0.15) is 43.5 Å². The summed E-state index contributed by atoms with van der Waals surface area (Å²) in [6.45, 7) is 4.94. The number of aryl methyl sites for hydroxylation is 1. The Morgan fingerprint density at radius 1 is 1.32 bits per heavy atom. The number of carbonyl (C=O) groups is 2. The van der Waals surface area contributed by atoms with E-state index in [0.717, 1.165) is 25.8 Å². The summed E-state index contributed by atoms with van der Waals surface area (Å²) in [5, 5.41) is 2.44. The Morgan fingerprint density at radius 3 is 2.63 bits per heavy atom. The van der Waals surface area contributed by atoms with Crippen molar-refractivity contribution < 1.29 is 14.3 Å². The molecule has 0 aromatic carbocycles. The molecule has 3 N–H and O–H groups in total. The average molecular weight is 267 g/mol. The molecule has 1 aromatic rings. The summed E-state index contributed by atoms with van der Waals surface area (Å²) in [6, 6.07) is -0.697. The number of urea groups is 1. The number of primary amides is 1. The minimum Gasteiger partial charge on any atom is -0.462 e. The van der Waals surface area contributed by atoms with E-state index in [9.17, 15) is 9.59 Å². The van der Waals surface area contributed by atoms with Crippen molar-refractivity contribution in [2.75, 3.05) is 11.9 Å². The van der Waals surface area contributed by atoms with Crippen molar-refractivity contribution in [2.45, 2.75) is 39.7 Å². The van der Waals surface area contributed by atoms with Crippen molar-refractivity contribution in [3.63, 3.8) is 0 Å². The molecule has 1 rings (SSSR count). The van der Waals surface area contributed by atoms with Gasteiger partial charge in [0.2, 0.25) is 0 Å². The topological polar surface area (TPSA) is 86.4 Å². The number of rotatable bonds is 7. The number of nitrogens with zero attached hydrogens (tertiary/aromatic N) is 1. The Balaban J connectivity index is 2.85. The minimum absolute atomic E-state index is 0.288. The number of esters is 1. The first-order valence-corrected chi connectivity index (χ1v) is 6.51. The van der Waals surface area contributed by atoms with E-state index in [2.05, 4.69) is 12.2 Å². The quantitative estimate of drug-likeness (QED) is 0.587. The molecule has 0 aliphatic rings. The number of ether oxygens (including phenoxy) is 1.